The fourth-order valence-electron chi connectivity index (χ4n) is 3.02. The Hall–Kier alpha value is -3.16. The molecule has 1 aliphatic heterocycles. The zero-order chi connectivity index (χ0) is 17.1. The maximum Gasteiger partial charge on any atom is 0.240 e. The maximum atomic E-state index is 12.1. The molecule has 1 atom stereocenters. The highest BCUT2D eigenvalue weighted by atomic mass is 16.2. The van der Waals surface area contributed by atoms with Gasteiger partial charge in [0.15, 0.2) is 0 Å². The van der Waals surface area contributed by atoms with E-state index < -0.39 is 0 Å². The summed E-state index contributed by atoms with van der Waals surface area (Å²) in [5, 5.41) is 3.07. The topological polar surface area (TPSA) is 91.7 Å². The second-order valence-corrected chi connectivity index (χ2v) is 6.06. The molecule has 8 nitrogen and oxygen atoms in total. The van der Waals surface area contributed by atoms with Crippen LogP contribution in [0.4, 0.5) is 5.95 Å². The van der Waals surface area contributed by atoms with E-state index in [4.69, 9.17) is 0 Å². The van der Waals surface area contributed by atoms with Crippen LogP contribution in [0.3, 0.4) is 0 Å². The number of carbonyl (C=O) groups excluding carboxylic acids is 1. The number of hydrogen-bond acceptors (Lipinski definition) is 5. The van der Waals surface area contributed by atoms with Gasteiger partial charge >= 0.3 is 0 Å². The van der Waals surface area contributed by atoms with E-state index in [2.05, 4.69) is 30.2 Å². The molecule has 4 heterocycles. The van der Waals surface area contributed by atoms with Crippen LogP contribution in [0.2, 0.25) is 0 Å². The highest BCUT2D eigenvalue weighted by Gasteiger charge is 2.25. The second-order valence-electron chi connectivity index (χ2n) is 6.06. The minimum Gasteiger partial charge on any atom is -0.360 e. The van der Waals surface area contributed by atoms with Gasteiger partial charge in [-0.3, -0.25) is 4.79 Å². The predicted molar refractivity (Wildman–Crippen MR) is 92.8 cm³/mol. The molecule has 1 fully saturated rings. The largest absolute Gasteiger partial charge is 0.360 e. The van der Waals surface area contributed by atoms with Crippen molar-refractivity contribution in [1.82, 2.24) is 29.8 Å². The molecule has 0 aromatic carbocycles. The van der Waals surface area contributed by atoms with Crippen molar-refractivity contribution in [3.05, 3.63) is 49.3 Å². The van der Waals surface area contributed by atoms with Crippen molar-refractivity contribution >= 4 is 11.9 Å². The van der Waals surface area contributed by atoms with Crippen molar-refractivity contribution < 1.29 is 4.79 Å². The third-order valence-electron chi connectivity index (χ3n) is 4.24. The number of H-pyrrole nitrogens is 1. The molecule has 8 heteroatoms. The number of aromatic nitrogens is 5. The molecule has 1 unspecified atom stereocenters. The summed E-state index contributed by atoms with van der Waals surface area (Å²) in [6.07, 6.45) is 9.61. The van der Waals surface area contributed by atoms with Gasteiger partial charge in [0.25, 0.3) is 0 Å². The van der Waals surface area contributed by atoms with E-state index in [-0.39, 0.29) is 18.5 Å². The lowest BCUT2D eigenvalue weighted by Crippen LogP contribution is -2.39. The normalized spacial score (nSPS) is 17.0. The van der Waals surface area contributed by atoms with Crippen molar-refractivity contribution in [1.29, 1.82) is 0 Å². The van der Waals surface area contributed by atoms with Gasteiger partial charge in [-0.2, -0.15) is 0 Å². The summed E-state index contributed by atoms with van der Waals surface area (Å²) in [5.74, 6) is 0.685. The smallest absolute Gasteiger partial charge is 0.240 e. The Morgan fingerprint density at radius 2 is 2.32 bits per heavy atom. The zero-order valence-corrected chi connectivity index (χ0v) is 13.7. The van der Waals surface area contributed by atoms with Crippen LogP contribution < -0.4 is 10.2 Å². The number of nitrogens with one attached hydrogen (secondary N) is 2. The van der Waals surface area contributed by atoms with Crippen molar-refractivity contribution in [2.45, 2.75) is 19.0 Å². The summed E-state index contributed by atoms with van der Waals surface area (Å²) in [5.41, 5.74) is 1.83. The Bertz CT molecular complexity index is 829. The van der Waals surface area contributed by atoms with Gasteiger partial charge in [-0.05, 0) is 24.6 Å². The molecule has 1 aliphatic rings. The van der Waals surface area contributed by atoms with Crippen molar-refractivity contribution in [2.75, 3.05) is 18.0 Å². The Labute approximate surface area is 144 Å². The van der Waals surface area contributed by atoms with Gasteiger partial charge in [0.05, 0.1) is 17.7 Å². The lowest BCUT2D eigenvalue weighted by atomic mass is 10.2. The van der Waals surface area contributed by atoms with E-state index in [1.54, 1.807) is 29.5 Å². The van der Waals surface area contributed by atoms with Gasteiger partial charge in [0.2, 0.25) is 11.9 Å². The quantitative estimate of drug-likeness (QED) is 0.726. The average Bonchev–Trinajstić information content (AvgIpc) is 3.38. The summed E-state index contributed by atoms with van der Waals surface area (Å²) in [4.78, 5) is 30.3. The molecule has 0 radical (unpaired) electrons. The Morgan fingerprint density at radius 1 is 1.36 bits per heavy atom. The molecule has 3 aromatic heterocycles. The number of imidazole rings is 1. The second kappa shape index (κ2) is 6.76. The molecule has 4 rings (SSSR count). The molecule has 3 aromatic rings. The van der Waals surface area contributed by atoms with Gasteiger partial charge in [-0.15, -0.1) is 0 Å². The van der Waals surface area contributed by atoms with E-state index in [9.17, 15) is 4.79 Å². The van der Waals surface area contributed by atoms with Crippen LogP contribution in [0.15, 0.2) is 49.3 Å². The lowest BCUT2D eigenvalue weighted by Gasteiger charge is -2.17. The van der Waals surface area contributed by atoms with Crippen LogP contribution >= 0.6 is 0 Å². The number of amides is 1. The van der Waals surface area contributed by atoms with Crippen LogP contribution in [0.25, 0.3) is 11.4 Å². The molecule has 0 bridgehead atoms. The SMILES string of the molecule is O=C(Cn1ccnc1)NC1CCN(c2nccc(-c3ccc[nH]3)n2)C1. The number of anilines is 1. The Kier molecular flexibility index (Phi) is 4.16. The van der Waals surface area contributed by atoms with E-state index >= 15 is 0 Å². The molecule has 128 valence electrons. The van der Waals surface area contributed by atoms with Gasteiger partial charge in [0.1, 0.15) is 6.54 Å². The molecule has 0 saturated carbocycles. The standard InChI is InChI=1S/C17H19N7O/c25-16(11-23-9-7-18-12-23)21-13-4-8-24(10-13)17-20-6-3-15(22-17)14-2-1-5-19-14/h1-3,5-7,9,12-13,19H,4,8,10-11H2,(H,21,25). The summed E-state index contributed by atoms with van der Waals surface area (Å²) in [6, 6.07) is 5.91. The highest BCUT2D eigenvalue weighted by molar-refractivity contribution is 5.76. The first-order valence-corrected chi connectivity index (χ1v) is 8.25. The number of aromatic amines is 1. The minimum atomic E-state index is -0.00842. The maximum absolute atomic E-state index is 12.1. The number of nitrogens with zero attached hydrogens (tertiary/aromatic N) is 5. The molecule has 0 spiro atoms. The zero-order valence-electron chi connectivity index (χ0n) is 13.7. The molecule has 1 saturated heterocycles. The van der Waals surface area contributed by atoms with Gasteiger partial charge in [0, 0.05) is 43.9 Å². The molecule has 1 amide bonds. The van der Waals surface area contributed by atoms with Crippen molar-refractivity contribution in [2.24, 2.45) is 0 Å². The minimum absolute atomic E-state index is 0.00842. The van der Waals surface area contributed by atoms with E-state index in [1.165, 1.54) is 0 Å². The fraction of sp³-hybridized carbons (Fsp3) is 0.294. The van der Waals surface area contributed by atoms with Crippen LogP contribution in [0, 0.1) is 0 Å². The van der Waals surface area contributed by atoms with E-state index in [0.29, 0.717) is 12.5 Å². The van der Waals surface area contributed by atoms with Gasteiger partial charge in [-0.25, -0.2) is 15.0 Å². The van der Waals surface area contributed by atoms with Gasteiger partial charge < -0.3 is 19.8 Å². The van der Waals surface area contributed by atoms with Crippen LogP contribution in [0.5, 0.6) is 0 Å². The average molecular weight is 337 g/mol. The molecular weight excluding hydrogens is 318 g/mol. The third kappa shape index (κ3) is 3.52. The van der Waals surface area contributed by atoms with E-state index in [1.807, 2.05) is 24.4 Å². The number of rotatable bonds is 5. The molecule has 25 heavy (non-hydrogen) atoms. The van der Waals surface area contributed by atoms with E-state index in [0.717, 1.165) is 24.4 Å². The molecule has 2 N–H and O–H groups in total. The summed E-state index contributed by atoms with van der Waals surface area (Å²) >= 11 is 0. The summed E-state index contributed by atoms with van der Waals surface area (Å²) < 4.78 is 1.75. The van der Waals surface area contributed by atoms with Crippen LogP contribution in [-0.4, -0.2) is 49.5 Å². The predicted octanol–water partition coefficient (Wildman–Crippen LogP) is 1.06. The highest BCUT2D eigenvalue weighted by Crippen LogP contribution is 2.20. The van der Waals surface area contributed by atoms with Crippen LogP contribution in [-0.2, 0) is 11.3 Å². The Balaban J connectivity index is 1.37. The third-order valence-corrected chi connectivity index (χ3v) is 4.24. The summed E-state index contributed by atoms with van der Waals surface area (Å²) in [7, 11) is 0. The van der Waals surface area contributed by atoms with Crippen molar-refractivity contribution in [3.8, 4) is 11.4 Å². The first-order valence-electron chi connectivity index (χ1n) is 8.25. The first kappa shape index (κ1) is 15.4. The first-order chi connectivity index (χ1) is 12.3. The molecular formula is C17H19N7O. The van der Waals surface area contributed by atoms with Crippen LogP contribution in [0.1, 0.15) is 6.42 Å². The monoisotopic (exact) mass is 337 g/mol. The lowest BCUT2D eigenvalue weighted by molar-refractivity contribution is -0.122. The Morgan fingerprint density at radius 3 is 3.12 bits per heavy atom. The fourth-order valence-corrected chi connectivity index (χ4v) is 3.02. The number of carbonyl (C=O) groups is 1. The van der Waals surface area contributed by atoms with Crippen molar-refractivity contribution in [3.63, 3.8) is 0 Å². The molecule has 0 aliphatic carbocycles. The summed E-state index contributed by atoms with van der Waals surface area (Å²) in [6.45, 7) is 1.82. The van der Waals surface area contributed by atoms with Gasteiger partial charge in [-0.1, -0.05) is 0 Å². The number of hydrogen-bond donors (Lipinski definition) is 2.